The van der Waals surface area contributed by atoms with Gasteiger partial charge >= 0.3 is 0 Å². The van der Waals surface area contributed by atoms with Crippen LogP contribution in [0.3, 0.4) is 0 Å². The summed E-state index contributed by atoms with van der Waals surface area (Å²) < 4.78 is 5.77. The second kappa shape index (κ2) is 8.72. The van der Waals surface area contributed by atoms with Crippen molar-refractivity contribution < 1.29 is 9.53 Å². The molecule has 0 saturated carbocycles. The number of likely N-dealkylation sites (N-methyl/N-ethyl adjacent to an activating group) is 1. The molecule has 0 spiro atoms. The van der Waals surface area contributed by atoms with Crippen LogP contribution in [0.4, 0.5) is 11.4 Å². The minimum absolute atomic E-state index is 0.000559. The quantitative estimate of drug-likeness (QED) is 0.692. The summed E-state index contributed by atoms with van der Waals surface area (Å²) in [5.41, 5.74) is 2.89. The van der Waals surface area contributed by atoms with E-state index in [0.717, 1.165) is 22.7 Å². The summed E-state index contributed by atoms with van der Waals surface area (Å²) in [7, 11) is 1.78. The van der Waals surface area contributed by atoms with Crippen LogP contribution >= 0.6 is 0 Å². The molecule has 0 radical (unpaired) electrons. The molecule has 0 aromatic heterocycles. The van der Waals surface area contributed by atoms with E-state index in [9.17, 15) is 4.79 Å². The van der Waals surface area contributed by atoms with E-state index in [1.807, 2.05) is 84.9 Å². The van der Waals surface area contributed by atoms with E-state index in [-0.39, 0.29) is 12.5 Å². The average molecular weight is 346 g/mol. The van der Waals surface area contributed by atoms with Crippen molar-refractivity contribution in [3.05, 3.63) is 90.5 Å². The monoisotopic (exact) mass is 346 g/mol. The second-order valence-electron chi connectivity index (χ2n) is 5.94. The lowest BCUT2D eigenvalue weighted by Crippen LogP contribution is -2.32. The van der Waals surface area contributed by atoms with Crippen LogP contribution in [-0.4, -0.2) is 19.5 Å². The molecule has 0 aliphatic rings. The maximum atomic E-state index is 12.3. The van der Waals surface area contributed by atoms with Crippen molar-refractivity contribution >= 4 is 17.3 Å². The molecule has 4 nitrogen and oxygen atoms in total. The maximum absolute atomic E-state index is 12.3. The van der Waals surface area contributed by atoms with Gasteiger partial charge in [-0.15, -0.1) is 0 Å². The number of nitrogens with zero attached hydrogens (tertiary/aromatic N) is 1. The number of carbonyl (C=O) groups excluding carboxylic acids is 1. The normalized spacial score (nSPS) is 10.2. The highest BCUT2D eigenvalue weighted by atomic mass is 16.5. The number of ether oxygens (including phenoxy) is 1. The zero-order valence-corrected chi connectivity index (χ0v) is 14.8. The van der Waals surface area contributed by atoms with Crippen molar-refractivity contribution in [3.63, 3.8) is 0 Å². The van der Waals surface area contributed by atoms with Gasteiger partial charge in [0.05, 0.1) is 6.54 Å². The first-order valence-electron chi connectivity index (χ1n) is 8.54. The SMILES string of the molecule is CN(C(=O)CNc1ccc(OCc2ccccc2)cc1)c1ccccc1. The first-order chi connectivity index (χ1) is 12.7. The van der Waals surface area contributed by atoms with Gasteiger partial charge in [-0.2, -0.15) is 0 Å². The Morgan fingerprint density at radius 3 is 2.15 bits per heavy atom. The Morgan fingerprint density at radius 2 is 1.50 bits per heavy atom. The summed E-state index contributed by atoms with van der Waals surface area (Å²) in [4.78, 5) is 13.9. The molecule has 0 fully saturated rings. The van der Waals surface area contributed by atoms with Gasteiger partial charge in [0.25, 0.3) is 0 Å². The van der Waals surface area contributed by atoms with Crippen LogP contribution < -0.4 is 15.0 Å². The third-order valence-corrected chi connectivity index (χ3v) is 4.06. The van der Waals surface area contributed by atoms with Gasteiger partial charge in [0.1, 0.15) is 12.4 Å². The molecule has 0 heterocycles. The lowest BCUT2D eigenvalue weighted by atomic mass is 10.2. The molecule has 0 saturated heterocycles. The molecule has 0 aliphatic heterocycles. The van der Waals surface area contributed by atoms with Crippen LogP contribution in [0, 0.1) is 0 Å². The van der Waals surface area contributed by atoms with Gasteiger partial charge < -0.3 is 15.0 Å². The van der Waals surface area contributed by atoms with Gasteiger partial charge in [0, 0.05) is 18.4 Å². The fourth-order valence-electron chi connectivity index (χ4n) is 2.50. The van der Waals surface area contributed by atoms with E-state index in [1.165, 1.54) is 0 Å². The number of hydrogen-bond donors (Lipinski definition) is 1. The molecule has 0 aliphatic carbocycles. The predicted octanol–water partition coefficient (Wildman–Crippen LogP) is 4.34. The van der Waals surface area contributed by atoms with Crippen LogP contribution in [-0.2, 0) is 11.4 Å². The summed E-state index contributed by atoms with van der Waals surface area (Å²) in [5.74, 6) is 0.799. The number of anilines is 2. The Morgan fingerprint density at radius 1 is 0.885 bits per heavy atom. The van der Waals surface area contributed by atoms with Gasteiger partial charge in [0.15, 0.2) is 0 Å². The van der Waals surface area contributed by atoms with Gasteiger partial charge in [-0.1, -0.05) is 48.5 Å². The molecule has 1 amide bonds. The summed E-state index contributed by atoms with van der Waals surface area (Å²) in [6.07, 6.45) is 0. The lowest BCUT2D eigenvalue weighted by molar-refractivity contribution is -0.116. The molecule has 0 atom stereocenters. The van der Waals surface area contributed by atoms with Crippen molar-refractivity contribution in [3.8, 4) is 5.75 Å². The number of para-hydroxylation sites is 1. The van der Waals surface area contributed by atoms with Gasteiger partial charge in [-0.05, 0) is 42.0 Å². The third kappa shape index (κ3) is 4.86. The Balaban J connectivity index is 1.49. The highest BCUT2D eigenvalue weighted by molar-refractivity contribution is 5.95. The molecule has 132 valence electrons. The lowest BCUT2D eigenvalue weighted by Gasteiger charge is -2.18. The van der Waals surface area contributed by atoms with Crippen molar-refractivity contribution in [1.29, 1.82) is 0 Å². The summed E-state index contributed by atoms with van der Waals surface area (Å²) in [6.45, 7) is 0.767. The van der Waals surface area contributed by atoms with E-state index in [0.29, 0.717) is 6.61 Å². The first kappa shape index (κ1) is 17.5. The molecule has 0 bridgehead atoms. The third-order valence-electron chi connectivity index (χ3n) is 4.06. The maximum Gasteiger partial charge on any atom is 0.246 e. The molecule has 3 aromatic rings. The molecular weight excluding hydrogens is 324 g/mol. The fourth-order valence-corrected chi connectivity index (χ4v) is 2.50. The van der Waals surface area contributed by atoms with Crippen LogP contribution in [0.1, 0.15) is 5.56 Å². The fraction of sp³-hybridized carbons (Fsp3) is 0.136. The van der Waals surface area contributed by atoms with E-state index in [4.69, 9.17) is 4.74 Å². The molecular formula is C22H22N2O2. The Kier molecular flexibility index (Phi) is 5.88. The van der Waals surface area contributed by atoms with E-state index in [1.54, 1.807) is 11.9 Å². The second-order valence-corrected chi connectivity index (χ2v) is 5.94. The van der Waals surface area contributed by atoms with Gasteiger partial charge in [-0.25, -0.2) is 0 Å². The number of amides is 1. The predicted molar refractivity (Wildman–Crippen MR) is 106 cm³/mol. The number of hydrogen-bond acceptors (Lipinski definition) is 3. The molecule has 26 heavy (non-hydrogen) atoms. The highest BCUT2D eigenvalue weighted by Gasteiger charge is 2.10. The van der Waals surface area contributed by atoms with E-state index < -0.39 is 0 Å². The van der Waals surface area contributed by atoms with Crippen molar-refractivity contribution in [1.82, 2.24) is 0 Å². The Bertz CT molecular complexity index is 818. The smallest absolute Gasteiger partial charge is 0.246 e. The van der Waals surface area contributed by atoms with Crippen molar-refractivity contribution in [2.45, 2.75) is 6.61 Å². The molecule has 3 aromatic carbocycles. The average Bonchev–Trinajstić information content (AvgIpc) is 2.72. The summed E-state index contributed by atoms with van der Waals surface area (Å²) in [5, 5.41) is 3.15. The molecule has 0 unspecified atom stereocenters. The van der Waals surface area contributed by atoms with Crippen molar-refractivity contribution in [2.24, 2.45) is 0 Å². The van der Waals surface area contributed by atoms with Crippen LogP contribution in [0.25, 0.3) is 0 Å². The first-order valence-corrected chi connectivity index (χ1v) is 8.54. The number of carbonyl (C=O) groups is 1. The largest absolute Gasteiger partial charge is 0.489 e. The Labute approximate surface area is 154 Å². The van der Waals surface area contributed by atoms with Gasteiger partial charge in [-0.3, -0.25) is 4.79 Å². The van der Waals surface area contributed by atoms with Gasteiger partial charge in [0.2, 0.25) is 5.91 Å². The molecule has 4 heteroatoms. The summed E-state index contributed by atoms with van der Waals surface area (Å²) >= 11 is 0. The van der Waals surface area contributed by atoms with Crippen LogP contribution in [0.5, 0.6) is 5.75 Å². The molecule has 3 rings (SSSR count). The standard InChI is InChI=1S/C22H22N2O2/c1-24(20-10-6-3-7-11-20)22(25)16-23-19-12-14-21(15-13-19)26-17-18-8-4-2-5-9-18/h2-15,23H,16-17H2,1H3. The minimum Gasteiger partial charge on any atom is -0.489 e. The number of nitrogens with one attached hydrogen (secondary N) is 1. The van der Waals surface area contributed by atoms with Crippen LogP contribution in [0.15, 0.2) is 84.9 Å². The topological polar surface area (TPSA) is 41.6 Å². The van der Waals surface area contributed by atoms with E-state index in [2.05, 4.69) is 5.32 Å². The summed E-state index contributed by atoms with van der Waals surface area (Å²) in [6, 6.07) is 27.3. The highest BCUT2D eigenvalue weighted by Crippen LogP contribution is 2.17. The molecule has 1 N–H and O–H groups in total. The van der Waals surface area contributed by atoms with Crippen molar-refractivity contribution in [2.75, 3.05) is 23.8 Å². The van der Waals surface area contributed by atoms with Crippen LogP contribution in [0.2, 0.25) is 0 Å². The number of rotatable bonds is 7. The number of benzene rings is 3. The Hall–Kier alpha value is -3.27. The zero-order valence-electron chi connectivity index (χ0n) is 14.8. The van der Waals surface area contributed by atoms with E-state index >= 15 is 0 Å². The zero-order chi connectivity index (χ0) is 18.2. The minimum atomic E-state index is 0.000559.